The van der Waals surface area contributed by atoms with Crippen LogP contribution in [-0.2, 0) is 16.0 Å². The molecule has 0 bridgehead atoms. The van der Waals surface area contributed by atoms with Crippen molar-refractivity contribution in [3.05, 3.63) is 54.1 Å². The highest BCUT2D eigenvalue weighted by molar-refractivity contribution is 5.91. The molecule has 0 spiro atoms. The molecule has 2 rings (SSSR count). The van der Waals surface area contributed by atoms with Crippen LogP contribution in [0.2, 0.25) is 0 Å². The summed E-state index contributed by atoms with van der Waals surface area (Å²) in [6.07, 6.45) is 0.758. The molecule has 6 heteroatoms. The second-order valence-corrected chi connectivity index (χ2v) is 6.38. The molecule has 0 saturated heterocycles. The lowest BCUT2D eigenvalue weighted by molar-refractivity contribution is -0.121. The Kier molecular flexibility index (Phi) is 7.23. The zero-order valence-electron chi connectivity index (χ0n) is 16.3. The first-order valence-corrected chi connectivity index (χ1v) is 8.92. The van der Waals surface area contributed by atoms with Crippen molar-refractivity contribution in [2.24, 2.45) is 0 Å². The summed E-state index contributed by atoms with van der Waals surface area (Å²) in [6, 6.07) is 14.8. The van der Waals surface area contributed by atoms with Gasteiger partial charge in [-0.05, 0) is 55.3 Å². The van der Waals surface area contributed by atoms with Gasteiger partial charge in [0.2, 0.25) is 11.8 Å². The second-order valence-electron chi connectivity index (χ2n) is 6.38. The highest BCUT2D eigenvalue weighted by atomic mass is 16.5. The zero-order valence-corrected chi connectivity index (χ0v) is 16.3. The van der Waals surface area contributed by atoms with E-state index in [4.69, 9.17) is 4.74 Å². The van der Waals surface area contributed by atoms with Gasteiger partial charge in [-0.3, -0.25) is 9.59 Å². The third-order valence-electron chi connectivity index (χ3n) is 4.38. The van der Waals surface area contributed by atoms with Crippen molar-refractivity contribution in [3.8, 4) is 5.75 Å². The molecular weight excluding hydrogens is 342 g/mol. The van der Waals surface area contributed by atoms with E-state index in [9.17, 15) is 9.59 Å². The van der Waals surface area contributed by atoms with E-state index in [-0.39, 0.29) is 17.9 Å². The minimum absolute atomic E-state index is 0.0275. The fourth-order valence-electron chi connectivity index (χ4n) is 2.55. The molecule has 1 unspecified atom stereocenters. The highest BCUT2D eigenvalue weighted by Crippen LogP contribution is 2.17. The summed E-state index contributed by atoms with van der Waals surface area (Å²) >= 11 is 0. The molecule has 0 saturated carbocycles. The van der Waals surface area contributed by atoms with Crippen LogP contribution >= 0.6 is 0 Å². The van der Waals surface area contributed by atoms with Gasteiger partial charge in [0.15, 0.2) is 0 Å². The summed E-state index contributed by atoms with van der Waals surface area (Å²) < 4.78 is 5.13. The standard InChI is InChI=1S/C21H27N3O3/c1-15(23-18-7-9-19(10-8-18)24(3)16(2)25)21(26)22-14-13-17-5-11-20(27-4)12-6-17/h5-12,15,23H,13-14H2,1-4H3,(H,22,26). The van der Waals surface area contributed by atoms with E-state index in [0.717, 1.165) is 29.1 Å². The molecule has 0 fully saturated rings. The van der Waals surface area contributed by atoms with Crippen molar-refractivity contribution in [2.45, 2.75) is 26.3 Å². The van der Waals surface area contributed by atoms with E-state index < -0.39 is 0 Å². The fraction of sp³-hybridized carbons (Fsp3) is 0.333. The van der Waals surface area contributed by atoms with Crippen molar-refractivity contribution in [1.29, 1.82) is 0 Å². The maximum atomic E-state index is 12.3. The minimum atomic E-state index is -0.364. The average Bonchev–Trinajstić information content (AvgIpc) is 2.68. The van der Waals surface area contributed by atoms with Crippen LogP contribution in [0.3, 0.4) is 0 Å². The third kappa shape index (κ3) is 6.02. The van der Waals surface area contributed by atoms with Gasteiger partial charge in [-0.1, -0.05) is 12.1 Å². The summed E-state index contributed by atoms with van der Waals surface area (Å²) in [7, 11) is 3.36. The third-order valence-corrected chi connectivity index (χ3v) is 4.38. The molecule has 27 heavy (non-hydrogen) atoms. The number of anilines is 2. The molecular formula is C21H27N3O3. The molecule has 0 radical (unpaired) electrons. The molecule has 144 valence electrons. The van der Waals surface area contributed by atoms with Crippen LogP contribution in [0.1, 0.15) is 19.4 Å². The molecule has 0 heterocycles. The van der Waals surface area contributed by atoms with Gasteiger partial charge in [0.05, 0.1) is 7.11 Å². The topological polar surface area (TPSA) is 70.7 Å². The summed E-state index contributed by atoms with van der Waals surface area (Å²) in [5, 5.41) is 6.11. The molecule has 1 atom stereocenters. The Labute approximate surface area is 160 Å². The molecule has 2 amide bonds. The fourth-order valence-corrected chi connectivity index (χ4v) is 2.55. The van der Waals surface area contributed by atoms with Gasteiger partial charge in [-0.15, -0.1) is 0 Å². The van der Waals surface area contributed by atoms with Crippen molar-refractivity contribution < 1.29 is 14.3 Å². The van der Waals surface area contributed by atoms with Crippen LogP contribution < -0.4 is 20.3 Å². The van der Waals surface area contributed by atoms with E-state index in [1.165, 1.54) is 6.92 Å². The SMILES string of the molecule is COc1ccc(CCNC(=O)C(C)Nc2ccc(N(C)C(C)=O)cc2)cc1. The van der Waals surface area contributed by atoms with Crippen molar-refractivity contribution in [3.63, 3.8) is 0 Å². The van der Waals surface area contributed by atoms with Crippen molar-refractivity contribution >= 4 is 23.2 Å². The molecule has 2 aromatic rings. The Bertz CT molecular complexity index is 757. The number of nitrogens with zero attached hydrogens (tertiary/aromatic N) is 1. The maximum Gasteiger partial charge on any atom is 0.242 e. The second kappa shape index (κ2) is 9.62. The van der Waals surface area contributed by atoms with Crippen molar-refractivity contribution in [2.75, 3.05) is 30.9 Å². The average molecular weight is 369 g/mol. The lowest BCUT2D eigenvalue weighted by Crippen LogP contribution is -2.38. The number of hydrogen-bond acceptors (Lipinski definition) is 4. The Morgan fingerprint density at radius 3 is 2.26 bits per heavy atom. The Hall–Kier alpha value is -3.02. The van der Waals surface area contributed by atoms with Crippen molar-refractivity contribution in [1.82, 2.24) is 5.32 Å². The summed E-state index contributed by atoms with van der Waals surface area (Å²) in [6.45, 7) is 3.91. The largest absolute Gasteiger partial charge is 0.497 e. The van der Waals surface area contributed by atoms with Gasteiger partial charge in [-0.2, -0.15) is 0 Å². The molecule has 0 aliphatic carbocycles. The lowest BCUT2D eigenvalue weighted by Gasteiger charge is -2.18. The molecule has 2 N–H and O–H groups in total. The smallest absolute Gasteiger partial charge is 0.242 e. The van der Waals surface area contributed by atoms with Gasteiger partial charge in [0, 0.05) is 31.9 Å². The number of rotatable bonds is 8. The molecule has 2 aromatic carbocycles. The number of nitrogens with one attached hydrogen (secondary N) is 2. The van der Waals surface area contributed by atoms with Gasteiger partial charge in [0.1, 0.15) is 11.8 Å². The highest BCUT2D eigenvalue weighted by Gasteiger charge is 2.12. The molecule has 6 nitrogen and oxygen atoms in total. The van der Waals surface area contributed by atoms with E-state index in [2.05, 4.69) is 10.6 Å². The number of carbonyl (C=O) groups excluding carboxylic acids is 2. The number of benzene rings is 2. The summed E-state index contributed by atoms with van der Waals surface area (Å²) in [4.78, 5) is 25.2. The number of carbonyl (C=O) groups is 2. The summed E-state index contributed by atoms with van der Waals surface area (Å²) in [5.41, 5.74) is 2.78. The summed E-state index contributed by atoms with van der Waals surface area (Å²) in [5.74, 6) is 0.731. The zero-order chi connectivity index (χ0) is 19.8. The van der Waals surface area contributed by atoms with Gasteiger partial charge in [0.25, 0.3) is 0 Å². The number of amides is 2. The Morgan fingerprint density at radius 2 is 1.70 bits per heavy atom. The van der Waals surface area contributed by atoms with E-state index in [0.29, 0.717) is 6.54 Å². The van der Waals surface area contributed by atoms with Crippen LogP contribution in [-0.4, -0.2) is 38.6 Å². The predicted molar refractivity (Wildman–Crippen MR) is 108 cm³/mol. The van der Waals surface area contributed by atoms with Crippen LogP contribution in [0.5, 0.6) is 5.75 Å². The lowest BCUT2D eigenvalue weighted by atomic mass is 10.1. The van der Waals surface area contributed by atoms with Gasteiger partial charge < -0.3 is 20.3 Å². The Balaban J connectivity index is 1.79. The van der Waals surface area contributed by atoms with Crippen LogP contribution in [0.4, 0.5) is 11.4 Å². The monoisotopic (exact) mass is 369 g/mol. The van der Waals surface area contributed by atoms with E-state index >= 15 is 0 Å². The molecule has 0 aliphatic heterocycles. The van der Waals surface area contributed by atoms with Gasteiger partial charge >= 0.3 is 0 Å². The van der Waals surface area contributed by atoms with Crippen LogP contribution in [0.25, 0.3) is 0 Å². The quantitative estimate of drug-likeness (QED) is 0.751. The molecule has 0 aromatic heterocycles. The first-order valence-electron chi connectivity index (χ1n) is 8.92. The maximum absolute atomic E-state index is 12.3. The van der Waals surface area contributed by atoms with Gasteiger partial charge in [-0.25, -0.2) is 0 Å². The van der Waals surface area contributed by atoms with Crippen LogP contribution in [0, 0.1) is 0 Å². The van der Waals surface area contributed by atoms with E-state index in [1.54, 1.807) is 19.1 Å². The normalized spacial score (nSPS) is 11.4. The number of methoxy groups -OCH3 is 1. The number of ether oxygens (including phenoxy) is 1. The van der Waals surface area contributed by atoms with Crippen LogP contribution in [0.15, 0.2) is 48.5 Å². The number of hydrogen-bond donors (Lipinski definition) is 2. The van der Waals surface area contributed by atoms with E-state index in [1.807, 2.05) is 55.5 Å². The minimum Gasteiger partial charge on any atom is -0.497 e. The Morgan fingerprint density at radius 1 is 1.07 bits per heavy atom. The molecule has 0 aliphatic rings. The predicted octanol–water partition coefficient (Wildman–Crippen LogP) is 2.84. The first-order chi connectivity index (χ1) is 12.9. The first kappa shape index (κ1) is 20.3.